The van der Waals surface area contributed by atoms with E-state index in [0.717, 1.165) is 5.92 Å². The quantitative estimate of drug-likeness (QED) is 0.809. The van der Waals surface area contributed by atoms with E-state index in [1.54, 1.807) is 0 Å². The molecule has 1 fully saturated rings. The van der Waals surface area contributed by atoms with E-state index in [9.17, 15) is 0 Å². The van der Waals surface area contributed by atoms with Gasteiger partial charge in [-0.25, -0.2) is 0 Å². The molecule has 0 bridgehead atoms. The van der Waals surface area contributed by atoms with Crippen LogP contribution in [0.3, 0.4) is 0 Å². The Morgan fingerprint density at radius 2 is 2.21 bits per heavy atom. The maximum atomic E-state index is 6.20. The molecular weight excluding hydrogens is 190 g/mol. The molecule has 0 spiro atoms. The van der Waals surface area contributed by atoms with Crippen molar-refractivity contribution in [3.8, 4) is 0 Å². The Bertz CT molecular complexity index is 293. The number of thiophene rings is 1. The number of nitrogens with two attached hydrogens (primary N) is 1. The lowest BCUT2D eigenvalue weighted by Gasteiger charge is -2.27. The second-order valence-corrected chi connectivity index (χ2v) is 5.81. The van der Waals surface area contributed by atoms with Crippen molar-refractivity contribution in [2.75, 3.05) is 0 Å². The SMILES string of the molecule is Cc1cc(C(N)CC2CCC2)sc1C. The molecule has 0 saturated heterocycles. The average Bonchev–Trinajstić information content (AvgIpc) is 2.40. The van der Waals surface area contributed by atoms with Gasteiger partial charge >= 0.3 is 0 Å². The van der Waals surface area contributed by atoms with E-state index in [1.807, 2.05) is 11.3 Å². The zero-order valence-corrected chi connectivity index (χ0v) is 9.86. The van der Waals surface area contributed by atoms with Crippen LogP contribution in [0, 0.1) is 19.8 Å². The highest BCUT2D eigenvalue weighted by Gasteiger charge is 2.21. The van der Waals surface area contributed by atoms with E-state index in [1.165, 1.54) is 41.0 Å². The fraction of sp³-hybridized carbons (Fsp3) is 0.667. The predicted molar refractivity (Wildman–Crippen MR) is 62.7 cm³/mol. The third-order valence-electron chi connectivity index (χ3n) is 3.36. The van der Waals surface area contributed by atoms with Crippen LogP contribution < -0.4 is 5.73 Å². The van der Waals surface area contributed by atoms with Crippen LogP contribution in [0.1, 0.15) is 47.0 Å². The van der Waals surface area contributed by atoms with Crippen molar-refractivity contribution in [3.63, 3.8) is 0 Å². The van der Waals surface area contributed by atoms with Crippen LogP contribution in [0.4, 0.5) is 0 Å². The summed E-state index contributed by atoms with van der Waals surface area (Å²) in [6.07, 6.45) is 5.41. The van der Waals surface area contributed by atoms with E-state index in [4.69, 9.17) is 5.73 Å². The smallest absolute Gasteiger partial charge is 0.0392 e. The van der Waals surface area contributed by atoms with Crippen LogP contribution in [0.2, 0.25) is 0 Å². The van der Waals surface area contributed by atoms with Crippen molar-refractivity contribution < 1.29 is 0 Å². The van der Waals surface area contributed by atoms with E-state index < -0.39 is 0 Å². The van der Waals surface area contributed by atoms with Crippen molar-refractivity contribution in [3.05, 3.63) is 21.4 Å². The number of hydrogen-bond acceptors (Lipinski definition) is 2. The van der Waals surface area contributed by atoms with Crippen LogP contribution in [-0.4, -0.2) is 0 Å². The lowest BCUT2D eigenvalue weighted by atomic mass is 9.81. The summed E-state index contributed by atoms with van der Waals surface area (Å²) < 4.78 is 0. The van der Waals surface area contributed by atoms with Crippen molar-refractivity contribution >= 4 is 11.3 Å². The summed E-state index contributed by atoms with van der Waals surface area (Å²) in [5, 5.41) is 0. The van der Waals surface area contributed by atoms with Crippen LogP contribution >= 0.6 is 11.3 Å². The van der Waals surface area contributed by atoms with Gasteiger partial charge in [0.05, 0.1) is 0 Å². The normalized spacial score (nSPS) is 19.4. The first-order valence-corrected chi connectivity index (χ1v) is 6.31. The third-order valence-corrected chi connectivity index (χ3v) is 4.65. The zero-order chi connectivity index (χ0) is 10.1. The molecule has 0 aliphatic heterocycles. The fourth-order valence-corrected chi connectivity index (χ4v) is 3.05. The van der Waals surface area contributed by atoms with Gasteiger partial charge in [0.1, 0.15) is 0 Å². The highest BCUT2D eigenvalue weighted by atomic mass is 32.1. The summed E-state index contributed by atoms with van der Waals surface area (Å²) in [5.41, 5.74) is 7.60. The second-order valence-electron chi connectivity index (χ2n) is 4.53. The second kappa shape index (κ2) is 4.03. The molecule has 0 radical (unpaired) electrons. The molecular formula is C12H19NS. The molecule has 2 heteroatoms. The summed E-state index contributed by atoms with van der Waals surface area (Å²) in [6, 6.07) is 2.56. The first-order valence-electron chi connectivity index (χ1n) is 5.49. The van der Waals surface area contributed by atoms with Gasteiger partial charge in [-0.15, -0.1) is 11.3 Å². The Morgan fingerprint density at radius 3 is 2.64 bits per heavy atom. The standard InChI is InChI=1S/C12H19NS/c1-8-6-12(14-9(8)2)11(13)7-10-4-3-5-10/h6,10-11H,3-5,7,13H2,1-2H3. The van der Waals surface area contributed by atoms with Gasteiger partial charge in [0.25, 0.3) is 0 Å². The molecule has 14 heavy (non-hydrogen) atoms. The molecule has 1 aromatic heterocycles. The van der Waals surface area contributed by atoms with E-state index in [2.05, 4.69) is 19.9 Å². The van der Waals surface area contributed by atoms with Crippen molar-refractivity contribution in [1.29, 1.82) is 0 Å². The molecule has 1 saturated carbocycles. The van der Waals surface area contributed by atoms with Crippen LogP contribution in [-0.2, 0) is 0 Å². The van der Waals surface area contributed by atoms with Crippen molar-refractivity contribution in [1.82, 2.24) is 0 Å². The molecule has 2 N–H and O–H groups in total. The van der Waals surface area contributed by atoms with Gasteiger partial charge in [0.2, 0.25) is 0 Å². The average molecular weight is 209 g/mol. The van der Waals surface area contributed by atoms with Gasteiger partial charge < -0.3 is 5.73 Å². The van der Waals surface area contributed by atoms with Gasteiger partial charge in [-0.05, 0) is 37.8 Å². The maximum absolute atomic E-state index is 6.20. The number of rotatable bonds is 3. The first-order chi connectivity index (χ1) is 6.66. The highest BCUT2D eigenvalue weighted by Crippen LogP contribution is 2.36. The molecule has 0 amide bonds. The van der Waals surface area contributed by atoms with Crippen molar-refractivity contribution in [2.45, 2.75) is 45.6 Å². The Labute approximate surface area is 90.3 Å². The van der Waals surface area contributed by atoms with E-state index >= 15 is 0 Å². The minimum Gasteiger partial charge on any atom is -0.323 e. The molecule has 1 aliphatic rings. The summed E-state index contributed by atoms with van der Waals surface area (Å²) in [4.78, 5) is 2.80. The van der Waals surface area contributed by atoms with Gasteiger partial charge in [-0.2, -0.15) is 0 Å². The van der Waals surface area contributed by atoms with Crippen molar-refractivity contribution in [2.24, 2.45) is 11.7 Å². The Hall–Kier alpha value is -0.340. The van der Waals surface area contributed by atoms with E-state index in [0.29, 0.717) is 0 Å². The molecule has 0 aromatic carbocycles. The van der Waals surface area contributed by atoms with Crippen LogP contribution in [0.5, 0.6) is 0 Å². The molecule has 78 valence electrons. The summed E-state index contributed by atoms with van der Waals surface area (Å²) in [6.45, 7) is 4.35. The fourth-order valence-electron chi connectivity index (χ4n) is 1.99. The number of aryl methyl sites for hydroxylation is 2. The molecule has 1 aliphatic carbocycles. The monoisotopic (exact) mass is 209 g/mol. The third kappa shape index (κ3) is 2.01. The minimum absolute atomic E-state index is 0.290. The molecule has 1 aromatic rings. The van der Waals surface area contributed by atoms with Gasteiger partial charge in [0, 0.05) is 15.8 Å². The Balaban J connectivity index is 1.98. The molecule has 1 unspecified atom stereocenters. The summed E-state index contributed by atoms with van der Waals surface area (Å²) >= 11 is 1.87. The molecule has 1 nitrogen and oxygen atoms in total. The lowest BCUT2D eigenvalue weighted by molar-refractivity contribution is 0.278. The topological polar surface area (TPSA) is 26.0 Å². The summed E-state index contributed by atoms with van der Waals surface area (Å²) in [5.74, 6) is 0.910. The largest absolute Gasteiger partial charge is 0.323 e. The number of hydrogen-bond donors (Lipinski definition) is 1. The van der Waals surface area contributed by atoms with Gasteiger partial charge in [-0.1, -0.05) is 19.3 Å². The molecule has 1 atom stereocenters. The maximum Gasteiger partial charge on any atom is 0.0392 e. The van der Waals surface area contributed by atoms with Crippen LogP contribution in [0.15, 0.2) is 6.07 Å². The lowest BCUT2D eigenvalue weighted by Crippen LogP contribution is -2.19. The Kier molecular flexibility index (Phi) is 2.93. The van der Waals surface area contributed by atoms with Gasteiger partial charge in [0.15, 0.2) is 0 Å². The van der Waals surface area contributed by atoms with Gasteiger partial charge in [-0.3, -0.25) is 0 Å². The molecule has 1 heterocycles. The van der Waals surface area contributed by atoms with E-state index in [-0.39, 0.29) is 6.04 Å². The predicted octanol–water partition coefficient (Wildman–Crippen LogP) is 3.55. The molecule has 2 rings (SSSR count). The minimum atomic E-state index is 0.290. The first kappa shape index (κ1) is 10.2. The zero-order valence-electron chi connectivity index (χ0n) is 9.05. The highest BCUT2D eigenvalue weighted by molar-refractivity contribution is 7.12. The Morgan fingerprint density at radius 1 is 1.50 bits per heavy atom. The summed E-state index contributed by atoms with van der Waals surface area (Å²) in [7, 11) is 0. The van der Waals surface area contributed by atoms with Crippen LogP contribution in [0.25, 0.3) is 0 Å².